The normalized spacial score (nSPS) is 16.0. The first-order chi connectivity index (χ1) is 15.5. The number of anilines is 1. The predicted molar refractivity (Wildman–Crippen MR) is 114 cm³/mol. The number of amides is 2. The molecule has 3 heterocycles. The monoisotopic (exact) mass is 467 g/mol. The van der Waals surface area contributed by atoms with Gasteiger partial charge in [0.1, 0.15) is 11.9 Å². The summed E-state index contributed by atoms with van der Waals surface area (Å²) in [5, 5.41) is 9.21. The van der Waals surface area contributed by atoms with Crippen molar-refractivity contribution >= 4 is 17.6 Å². The Bertz CT molecular complexity index is 991. The fourth-order valence-corrected chi connectivity index (χ4v) is 4.03. The molecule has 0 aromatic carbocycles. The molecule has 9 nitrogen and oxygen atoms in total. The number of H-pyrrole nitrogens is 1. The predicted octanol–water partition coefficient (Wildman–Crippen LogP) is 2.41. The molecule has 2 aromatic rings. The van der Waals surface area contributed by atoms with Crippen molar-refractivity contribution in [2.45, 2.75) is 58.7 Å². The Morgan fingerprint density at radius 3 is 2.48 bits per heavy atom. The largest absolute Gasteiger partial charge is 0.451 e. The van der Waals surface area contributed by atoms with Crippen LogP contribution >= 0.6 is 0 Å². The van der Waals surface area contributed by atoms with Gasteiger partial charge in [-0.15, -0.1) is 0 Å². The second-order valence-electron chi connectivity index (χ2n) is 8.41. The highest BCUT2D eigenvalue weighted by Crippen LogP contribution is 2.30. The number of nitrogens with zero attached hydrogens (tertiary/aromatic N) is 4. The third-order valence-corrected chi connectivity index (χ3v) is 6.02. The number of nitrogens with one attached hydrogen (secondary N) is 2. The zero-order chi connectivity index (χ0) is 24.3. The minimum atomic E-state index is -4.63. The van der Waals surface area contributed by atoms with Crippen LogP contribution in [0.15, 0.2) is 6.20 Å². The first-order valence-corrected chi connectivity index (χ1v) is 10.8. The molecule has 1 saturated heterocycles. The number of aryl methyl sites for hydroxylation is 2. The third kappa shape index (κ3) is 5.79. The number of piperidine rings is 1. The lowest BCUT2D eigenvalue weighted by Crippen LogP contribution is -2.49. The van der Waals surface area contributed by atoms with Crippen LogP contribution < -0.4 is 11.1 Å². The molecule has 0 radical (unpaired) electrons. The van der Waals surface area contributed by atoms with Gasteiger partial charge in [-0.2, -0.15) is 18.3 Å². The van der Waals surface area contributed by atoms with Crippen LogP contribution in [-0.4, -0.2) is 56.0 Å². The van der Waals surface area contributed by atoms with Gasteiger partial charge in [0.25, 0.3) is 5.91 Å². The fourth-order valence-electron chi connectivity index (χ4n) is 4.03. The summed E-state index contributed by atoms with van der Waals surface area (Å²) >= 11 is 0. The Hall–Kier alpha value is -3.18. The summed E-state index contributed by atoms with van der Waals surface area (Å²) in [6, 6.07) is -0.671. The van der Waals surface area contributed by atoms with E-state index in [4.69, 9.17) is 5.73 Å². The number of aromatic nitrogens is 4. The Morgan fingerprint density at radius 1 is 1.27 bits per heavy atom. The van der Waals surface area contributed by atoms with E-state index in [9.17, 15) is 22.8 Å². The number of hydrogen-bond acceptors (Lipinski definition) is 6. The Labute approximate surface area is 189 Å². The van der Waals surface area contributed by atoms with Gasteiger partial charge in [-0.05, 0) is 52.4 Å². The molecule has 1 fully saturated rings. The minimum Gasteiger partial charge on any atom is -0.383 e. The van der Waals surface area contributed by atoms with Crippen LogP contribution in [0.4, 0.5) is 19.0 Å². The number of likely N-dealkylation sites (tertiary alicyclic amines) is 1. The lowest BCUT2D eigenvalue weighted by Gasteiger charge is -2.33. The summed E-state index contributed by atoms with van der Waals surface area (Å²) in [4.78, 5) is 33.7. The molecule has 12 heteroatoms. The molecule has 4 N–H and O–H groups in total. The van der Waals surface area contributed by atoms with Gasteiger partial charge >= 0.3 is 6.18 Å². The molecule has 2 aromatic heterocycles. The summed E-state index contributed by atoms with van der Waals surface area (Å²) in [6.07, 6.45) is -0.506. The lowest BCUT2D eigenvalue weighted by atomic mass is 9.90. The molecule has 0 spiro atoms. The number of aromatic amines is 1. The molecular weight excluding hydrogens is 439 g/mol. The smallest absolute Gasteiger partial charge is 0.383 e. The molecule has 1 unspecified atom stereocenters. The Morgan fingerprint density at radius 2 is 1.94 bits per heavy atom. The molecule has 3 rings (SSSR count). The van der Waals surface area contributed by atoms with Crippen molar-refractivity contribution in [3.63, 3.8) is 0 Å². The highest BCUT2D eigenvalue weighted by Gasteiger charge is 2.36. The van der Waals surface area contributed by atoms with E-state index in [1.54, 1.807) is 18.7 Å². The molecule has 1 aliphatic rings. The lowest BCUT2D eigenvalue weighted by molar-refractivity contribution is -0.145. The van der Waals surface area contributed by atoms with Crippen molar-refractivity contribution < 1.29 is 22.8 Å². The third-order valence-electron chi connectivity index (χ3n) is 6.02. The van der Waals surface area contributed by atoms with Crippen LogP contribution in [0.5, 0.6) is 0 Å². The van der Waals surface area contributed by atoms with E-state index in [-0.39, 0.29) is 23.3 Å². The van der Waals surface area contributed by atoms with E-state index in [2.05, 4.69) is 25.5 Å². The highest BCUT2D eigenvalue weighted by molar-refractivity contribution is 5.98. The van der Waals surface area contributed by atoms with Crippen LogP contribution in [0.1, 0.15) is 59.3 Å². The molecule has 1 aliphatic heterocycles. The minimum absolute atomic E-state index is 0.139. The van der Waals surface area contributed by atoms with Crippen molar-refractivity contribution in [2.24, 2.45) is 5.92 Å². The van der Waals surface area contributed by atoms with Crippen LogP contribution in [0, 0.1) is 19.8 Å². The molecule has 180 valence electrons. The van der Waals surface area contributed by atoms with Crippen molar-refractivity contribution in [2.75, 3.05) is 18.8 Å². The van der Waals surface area contributed by atoms with Gasteiger partial charge in [0.05, 0.1) is 11.8 Å². The molecule has 1 atom stereocenters. The Balaban J connectivity index is 1.49. The van der Waals surface area contributed by atoms with Gasteiger partial charge in [0.2, 0.25) is 11.7 Å². The first-order valence-electron chi connectivity index (χ1n) is 10.8. The van der Waals surface area contributed by atoms with E-state index in [0.29, 0.717) is 48.7 Å². The number of carbonyl (C=O) groups is 2. The number of alkyl halides is 3. The molecule has 33 heavy (non-hydrogen) atoms. The van der Waals surface area contributed by atoms with Gasteiger partial charge in [-0.1, -0.05) is 0 Å². The quantitative estimate of drug-likeness (QED) is 0.598. The number of hydrogen-bond donors (Lipinski definition) is 3. The number of carbonyl (C=O) groups excluding carboxylic acids is 2. The number of rotatable bonds is 6. The maximum atomic E-state index is 12.8. The molecule has 2 amide bonds. The molecule has 0 saturated carbocycles. The van der Waals surface area contributed by atoms with Gasteiger partial charge in [0.15, 0.2) is 0 Å². The number of nitrogen functional groups attached to an aromatic ring is 1. The fraction of sp³-hybridized carbons (Fsp3) is 0.571. The Kier molecular flexibility index (Phi) is 7.23. The maximum Gasteiger partial charge on any atom is 0.451 e. The van der Waals surface area contributed by atoms with Crippen molar-refractivity contribution in [1.29, 1.82) is 0 Å². The molecule has 0 bridgehead atoms. The van der Waals surface area contributed by atoms with Crippen LogP contribution in [-0.2, 0) is 17.4 Å². The van der Waals surface area contributed by atoms with Crippen molar-refractivity contribution in [1.82, 2.24) is 30.4 Å². The van der Waals surface area contributed by atoms with E-state index in [1.165, 1.54) is 13.1 Å². The second kappa shape index (κ2) is 9.75. The topological polar surface area (TPSA) is 130 Å². The summed E-state index contributed by atoms with van der Waals surface area (Å²) in [6.45, 7) is 5.98. The van der Waals surface area contributed by atoms with Gasteiger partial charge in [-0.3, -0.25) is 14.7 Å². The van der Waals surface area contributed by atoms with E-state index in [0.717, 1.165) is 12.8 Å². The van der Waals surface area contributed by atoms with Crippen LogP contribution in [0.2, 0.25) is 0 Å². The highest BCUT2D eigenvalue weighted by atomic mass is 19.4. The van der Waals surface area contributed by atoms with Crippen LogP contribution in [0.3, 0.4) is 0 Å². The SMILES string of the molecule is Cc1nc(C(F)(F)F)nc(N)c1CCC1CCN(C(=O)C(C)NC(=O)c2cn[nH]c2C)CC1. The van der Waals surface area contributed by atoms with Gasteiger partial charge in [0, 0.05) is 30.0 Å². The second-order valence-corrected chi connectivity index (χ2v) is 8.41. The van der Waals surface area contributed by atoms with E-state index < -0.39 is 18.0 Å². The molecular formula is C21H28F3N7O2. The standard InChI is InChI=1S/C21H28F3N7O2/c1-11-15(17(25)29-20(28-11)21(22,23)24)5-4-14-6-8-31(9-7-14)19(33)13(3)27-18(32)16-10-26-30-12(16)2/h10,13-14H,4-9H2,1-3H3,(H,26,30)(H,27,32)(H2,25,28,29). The molecule has 0 aliphatic carbocycles. The number of halogens is 3. The van der Waals surface area contributed by atoms with Gasteiger partial charge < -0.3 is 16.0 Å². The average molecular weight is 467 g/mol. The summed E-state index contributed by atoms with van der Waals surface area (Å²) in [5.41, 5.74) is 7.57. The van der Waals surface area contributed by atoms with Crippen molar-refractivity contribution in [3.8, 4) is 0 Å². The summed E-state index contributed by atoms with van der Waals surface area (Å²) in [7, 11) is 0. The summed E-state index contributed by atoms with van der Waals surface area (Å²) < 4.78 is 38.5. The maximum absolute atomic E-state index is 12.8. The zero-order valence-electron chi connectivity index (χ0n) is 18.8. The zero-order valence-corrected chi connectivity index (χ0v) is 18.8. The van der Waals surface area contributed by atoms with Crippen molar-refractivity contribution in [3.05, 3.63) is 34.5 Å². The van der Waals surface area contributed by atoms with E-state index in [1.807, 2.05) is 0 Å². The number of nitrogens with two attached hydrogens (primary N) is 1. The average Bonchev–Trinajstić information content (AvgIpc) is 3.18. The summed E-state index contributed by atoms with van der Waals surface area (Å²) in [5.74, 6) is -1.58. The van der Waals surface area contributed by atoms with Crippen LogP contribution in [0.25, 0.3) is 0 Å². The van der Waals surface area contributed by atoms with Gasteiger partial charge in [-0.25, -0.2) is 9.97 Å². The first kappa shape index (κ1) is 24.5. The van der Waals surface area contributed by atoms with E-state index >= 15 is 0 Å².